The standard InChI is InChI=1S/C26H22ClF3N4O7S/c1-25(2)22(38)33(15-4-3-14(13-31)17(11-15)26(28,29)30)24(42)34(25)16-5-6-18(27)19(12-16)32-23(39)41-10-9-40-21(37)8-7-20(35)36/h3-6,11-12H,7-10H2,1-2H3,(H,32,39)(H,35,36). The predicted octanol–water partition coefficient (Wildman–Crippen LogP) is 5.10. The Labute approximate surface area is 247 Å². The van der Waals surface area contributed by atoms with E-state index in [1.54, 1.807) is 0 Å². The van der Waals surface area contributed by atoms with Crippen LogP contribution in [0.15, 0.2) is 36.4 Å². The minimum atomic E-state index is -4.85. The molecule has 1 saturated heterocycles. The average Bonchev–Trinajstić information content (AvgIpc) is 3.08. The summed E-state index contributed by atoms with van der Waals surface area (Å²) in [7, 11) is 0. The van der Waals surface area contributed by atoms with E-state index in [2.05, 4.69) is 5.32 Å². The van der Waals surface area contributed by atoms with E-state index in [9.17, 15) is 32.3 Å². The number of alkyl halides is 3. The molecule has 2 amide bonds. The summed E-state index contributed by atoms with van der Waals surface area (Å²) < 4.78 is 50.4. The Morgan fingerprint density at radius 3 is 2.36 bits per heavy atom. The quantitative estimate of drug-likeness (QED) is 0.219. The molecule has 222 valence electrons. The van der Waals surface area contributed by atoms with E-state index in [-0.39, 0.29) is 46.8 Å². The molecule has 0 atom stereocenters. The van der Waals surface area contributed by atoms with Crippen LogP contribution in [0.2, 0.25) is 5.02 Å². The van der Waals surface area contributed by atoms with E-state index in [1.165, 1.54) is 49.1 Å². The first kappa shape index (κ1) is 32.1. The monoisotopic (exact) mass is 626 g/mol. The van der Waals surface area contributed by atoms with Crippen LogP contribution in [-0.2, 0) is 30.0 Å². The van der Waals surface area contributed by atoms with E-state index < -0.39 is 53.2 Å². The number of esters is 1. The number of nitriles is 1. The second-order valence-electron chi connectivity index (χ2n) is 9.20. The number of nitrogens with one attached hydrogen (secondary N) is 1. The van der Waals surface area contributed by atoms with E-state index in [1.807, 2.05) is 0 Å². The van der Waals surface area contributed by atoms with E-state index in [4.69, 9.17) is 43.7 Å². The number of carbonyl (C=O) groups is 4. The molecule has 0 bridgehead atoms. The molecule has 2 N–H and O–H groups in total. The summed E-state index contributed by atoms with van der Waals surface area (Å²) in [6, 6.07) is 8.56. The van der Waals surface area contributed by atoms with Crippen molar-refractivity contribution < 1.29 is 46.9 Å². The first-order chi connectivity index (χ1) is 19.6. The SMILES string of the molecule is CC1(C)C(=O)N(c2ccc(C#N)c(C(F)(F)F)c2)C(=S)N1c1ccc(Cl)c(NC(=O)OCCOC(=O)CCC(=O)O)c1. The molecule has 2 aromatic carbocycles. The third-order valence-corrected chi connectivity index (χ3v) is 6.62. The number of hydrogen-bond acceptors (Lipinski definition) is 8. The number of rotatable bonds is 9. The van der Waals surface area contributed by atoms with Gasteiger partial charge < -0.3 is 19.5 Å². The molecule has 42 heavy (non-hydrogen) atoms. The number of hydrogen-bond donors (Lipinski definition) is 2. The van der Waals surface area contributed by atoms with Crippen LogP contribution in [0, 0.1) is 11.3 Å². The second-order valence-corrected chi connectivity index (χ2v) is 9.97. The third-order valence-electron chi connectivity index (χ3n) is 5.92. The minimum absolute atomic E-state index is 0.0415. The van der Waals surface area contributed by atoms with Crippen LogP contribution in [0.3, 0.4) is 0 Å². The Morgan fingerprint density at radius 2 is 1.74 bits per heavy atom. The number of amides is 2. The molecule has 0 unspecified atom stereocenters. The normalized spacial score (nSPS) is 14.4. The summed E-state index contributed by atoms with van der Waals surface area (Å²) in [5.74, 6) is -2.59. The Morgan fingerprint density at radius 1 is 1.10 bits per heavy atom. The summed E-state index contributed by atoms with van der Waals surface area (Å²) in [4.78, 5) is 49.9. The number of carboxylic acid groups (broad SMARTS) is 1. The molecular weight excluding hydrogens is 605 g/mol. The maximum absolute atomic E-state index is 13.6. The van der Waals surface area contributed by atoms with Crippen LogP contribution in [0.25, 0.3) is 0 Å². The smallest absolute Gasteiger partial charge is 0.417 e. The van der Waals surface area contributed by atoms with Gasteiger partial charge in [-0.1, -0.05) is 11.6 Å². The molecule has 0 radical (unpaired) electrons. The van der Waals surface area contributed by atoms with Crippen molar-refractivity contribution in [2.45, 2.75) is 38.4 Å². The van der Waals surface area contributed by atoms with Gasteiger partial charge in [-0.3, -0.25) is 24.6 Å². The van der Waals surface area contributed by atoms with Crippen LogP contribution in [0.5, 0.6) is 0 Å². The van der Waals surface area contributed by atoms with Gasteiger partial charge in [-0.15, -0.1) is 0 Å². The number of benzene rings is 2. The van der Waals surface area contributed by atoms with Gasteiger partial charge >= 0.3 is 24.2 Å². The Hall–Kier alpha value is -4.42. The van der Waals surface area contributed by atoms with E-state index in [0.717, 1.165) is 11.0 Å². The van der Waals surface area contributed by atoms with Crippen molar-refractivity contribution >= 4 is 69.9 Å². The Bertz CT molecular complexity index is 1490. The van der Waals surface area contributed by atoms with Crippen LogP contribution < -0.4 is 15.1 Å². The molecule has 0 spiro atoms. The lowest BCUT2D eigenvalue weighted by atomic mass is 10.0. The molecule has 3 rings (SSSR count). The number of carbonyl (C=O) groups excluding carboxylic acids is 3. The largest absolute Gasteiger partial charge is 0.481 e. The fourth-order valence-electron chi connectivity index (χ4n) is 3.92. The van der Waals surface area contributed by atoms with Gasteiger partial charge in [-0.05, 0) is 62.5 Å². The number of nitrogens with zero attached hydrogens (tertiary/aromatic N) is 3. The zero-order chi connectivity index (χ0) is 31.4. The van der Waals surface area contributed by atoms with Crippen LogP contribution in [0.1, 0.15) is 37.8 Å². The molecule has 0 aliphatic carbocycles. The van der Waals surface area contributed by atoms with Crippen molar-refractivity contribution in [3.05, 3.63) is 52.5 Å². The number of thiocarbonyl (C=S) groups is 1. The number of ether oxygens (including phenoxy) is 2. The van der Waals surface area contributed by atoms with E-state index in [0.29, 0.717) is 6.07 Å². The van der Waals surface area contributed by atoms with Crippen LogP contribution in [0.4, 0.5) is 35.0 Å². The molecule has 0 aromatic heterocycles. The number of carboxylic acids is 1. The summed E-state index contributed by atoms with van der Waals surface area (Å²) >= 11 is 11.7. The lowest BCUT2D eigenvalue weighted by Gasteiger charge is -2.30. The lowest BCUT2D eigenvalue weighted by molar-refractivity contribution is -0.148. The maximum Gasteiger partial charge on any atom is 0.417 e. The highest BCUT2D eigenvalue weighted by Gasteiger charge is 2.50. The fourth-order valence-corrected chi connectivity index (χ4v) is 4.61. The van der Waals surface area contributed by atoms with Crippen molar-refractivity contribution in [3.8, 4) is 6.07 Å². The zero-order valence-corrected chi connectivity index (χ0v) is 23.5. The van der Waals surface area contributed by atoms with Gasteiger partial charge in [0.2, 0.25) is 0 Å². The van der Waals surface area contributed by atoms with Crippen molar-refractivity contribution in [2.75, 3.05) is 28.3 Å². The molecule has 0 saturated carbocycles. The van der Waals surface area contributed by atoms with Crippen molar-refractivity contribution in [2.24, 2.45) is 0 Å². The zero-order valence-electron chi connectivity index (χ0n) is 22.0. The molecule has 1 heterocycles. The van der Waals surface area contributed by atoms with Gasteiger partial charge in [0, 0.05) is 5.69 Å². The topological polar surface area (TPSA) is 149 Å². The predicted molar refractivity (Wildman–Crippen MR) is 147 cm³/mol. The highest BCUT2D eigenvalue weighted by molar-refractivity contribution is 7.81. The van der Waals surface area contributed by atoms with Crippen molar-refractivity contribution in [1.82, 2.24) is 0 Å². The Balaban J connectivity index is 1.78. The highest BCUT2D eigenvalue weighted by atomic mass is 35.5. The van der Waals surface area contributed by atoms with Crippen molar-refractivity contribution in [1.29, 1.82) is 5.26 Å². The maximum atomic E-state index is 13.6. The highest BCUT2D eigenvalue weighted by Crippen LogP contribution is 2.40. The third kappa shape index (κ3) is 7.07. The van der Waals surface area contributed by atoms with Crippen molar-refractivity contribution in [3.63, 3.8) is 0 Å². The summed E-state index contributed by atoms with van der Waals surface area (Å²) in [6.45, 7) is 2.34. The average molecular weight is 627 g/mol. The molecular formula is C26H22ClF3N4O7S. The van der Waals surface area contributed by atoms with Gasteiger partial charge in [0.15, 0.2) is 5.11 Å². The van der Waals surface area contributed by atoms with Gasteiger partial charge in [-0.2, -0.15) is 18.4 Å². The minimum Gasteiger partial charge on any atom is -0.481 e. The molecule has 16 heteroatoms. The Kier molecular flexibility index (Phi) is 9.64. The van der Waals surface area contributed by atoms with Gasteiger partial charge in [-0.25, -0.2) is 4.79 Å². The van der Waals surface area contributed by atoms with Crippen LogP contribution >= 0.6 is 23.8 Å². The number of anilines is 3. The molecule has 2 aromatic rings. The number of halogens is 4. The van der Waals surface area contributed by atoms with E-state index >= 15 is 0 Å². The summed E-state index contributed by atoms with van der Waals surface area (Å²) in [5, 5.41) is 20.0. The fraction of sp³-hybridized carbons (Fsp3) is 0.308. The number of aliphatic carboxylic acids is 1. The first-order valence-electron chi connectivity index (χ1n) is 12.0. The molecule has 1 aliphatic heterocycles. The van der Waals surface area contributed by atoms with Crippen LogP contribution in [-0.4, -0.2) is 52.9 Å². The van der Waals surface area contributed by atoms with Gasteiger partial charge in [0.25, 0.3) is 5.91 Å². The molecule has 11 nitrogen and oxygen atoms in total. The first-order valence-corrected chi connectivity index (χ1v) is 12.8. The lowest BCUT2D eigenvalue weighted by Crippen LogP contribution is -2.44. The van der Waals surface area contributed by atoms with Gasteiger partial charge in [0.1, 0.15) is 18.8 Å². The summed E-state index contributed by atoms with van der Waals surface area (Å²) in [5.41, 5.74) is -3.11. The molecule has 1 fully saturated rings. The summed E-state index contributed by atoms with van der Waals surface area (Å²) in [6.07, 6.45) is -6.58. The molecule has 1 aliphatic rings. The second kappa shape index (κ2) is 12.6. The van der Waals surface area contributed by atoms with Gasteiger partial charge in [0.05, 0.1) is 46.4 Å².